The van der Waals surface area contributed by atoms with Crippen molar-refractivity contribution in [2.45, 2.75) is 32.3 Å². The van der Waals surface area contributed by atoms with Crippen LogP contribution in [0.3, 0.4) is 0 Å². The molecular weight excluding hydrogens is 374 g/mol. The Morgan fingerprint density at radius 3 is 2.57 bits per heavy atom. The lowest BCUT2D eigenvalue weighted by atomic mass is 9.96. The van der Waals surface area contributed by atoms with Crippen molar-refractivity contribution in [3.8, 4) is 0 Å². The van der Waals surface area contributed by atoms with E-state index in [4.69, 9.17) is 0 Å². The van der Waals surface area contributed by atoms with Crippen LogP contribution in [0.2, 0.25) is 0 Å². The Kier molecular flexibility index (Phi) is 6.40. The molecule has 1 amide bonds. The summed E-state index contributed by atoms with van der Waals surface area (Å²) in [7, 11) is 2.17. The van der Waals surface area contributed by atoms with E-state index in [-0.39, 0.29) is 17.9 Å². The van der Waals surface area contributed by atoms with Crippen LogP contribution in [-0.4, -0.2) is 61.8 Å². The van der Waals surface area contributed by atoms with E-state index in [9.17, 15) is 9.90 Å². The summed E-state index contributed by atoms with van der Waals surface area (Å²) in [6, 6.07) is 16.6. The number of piperazine rings is 1. The monoisotopic (exact) mass is 407 g/mol. The van der Waals surface area contributed by atoms with Gasteiger partial charge in [0.1, 0.15) is 0 Å². The zero-order valence-corrected chi connectivity index (χ0v) is 18.1. The van der Waals surface area contributed by atoms with Gasteiger partial charge < -0.3 is 19.8 Å². The maximum absolute atomic E-state index is 13.2. The van der Waals surface area contributed by atoms with E-state index in [1.807, 2.05) is 29.2 Å². The Morgan fingerprint density at radius 2 is 1.80 bits per heavy atom. The van der Waals surface area contributed by atoms with Gasteiger partial charge in [0.15, 0.2) is 0 Å². The fraction of sp³-hybridized carbons (Fsp3) is 0.480. The van der Waals surface area contributed by atoms with Crippen molar-refractivity contribution in [3.05, 3.63) is 59.7 Å². The summed E-state index contributed by atoms with van der Waals surface area (Å²) in [5.41, 5.74) is 4.59. The Balaban J connectivity index is 1.47. The number of aliphatic hydroxyl groups is 1. The van der Waals surface area contributed by atoms with Crippen LogP contribution in [-0.2, 0) is 17.6 Å². The number of hydrogen-bond acceptors (Lipinski definition) is 4. The second kappa shape index (κ2) is 9.19. The molecule has 2 saturated heterocycles. The highest BCUT2D eigenvalue weighted by Crippen LogP contribution is 2.31. The molecule has 1 N–H and O–H groups in total. The van der Waals surface area contributed by atoms with E-state index in [0.29, 0.717) is 6.42 Å². The standard InChI is InChI=1S/C25H33N3O2/c1-19(29)16-20-6-5-8-23(17-20)28-11-10-22(25(28)30)18-21-7-3-4-9-24(21)27-14-12-26(2)13-15-27/h3-9,17,19,22,29H,10-16,18H2,1-2H3/t19-,22-/m0/s1. The van der Waals surface area contributed by atoms with E-state index < -0.39 is 0 Å². The van der Waals surface area contributed by atoms with Crippen LogP contribution in [0.1, 0.15) is 24.5 Å². The molecule has 4 rings (SSSR count). The molecule has 5 heteroatoms. The van der Waals surface area contributed by atoms with Crippen LogP contribution in [0.4, 0.5) is 11.4 Å². The maximum atomic E-state index is 13.2. The molecule has 0 aliphatic carbocycles. The number of carbonyl (C=O) groups is 1. The Labute approximate surface area is 179 Å². The van der Waals surface area contributed by atoms with E-state index in [2.05, 4.69) is 41.1 Å². The lowest BCUT2D eigenvalue weighted by Gasteiger charge is -2.35. The number of hydrogen-bond donors (Lipinski definition) is 1. The van der Waals surface area contributed by atoms with Crippen LogP contribution in [0.25, 0.3) is 0 Å². The number of anilines is 2. The number of likely N-dealkylation sites (N-methyl/N-ethyl adjacent to an activating group) is 1. The minimum absolute atomic E-state index is 0.0269. The summed E-state index contributed by atoms with van der Waals surface area (Å²) in [4.78, 5) is 20.0. The number of aliphatic hydroxyl groups excluding tert-OH is 1. The largest absolute Gasteiger partial charge is 0.393 e. The first-order valence-electron chi connectivity index (χ1n) is 11.1. The highest BCUT2D eigenvalue weighted by atomic mass is 16.3. The van der Waals surface area contributed by atoms with Crippen molar-refractivity contribution in [2.24, 2.45) is 5.92 Å². The molecule has 160 valence electrons. The molecule has 0 radical (unpaired) electrons. The number of carbonyl (C=O) groups excluding carboxylic acids is 1. The predicted octanol–water partition coefficient (Wildman–Crippen LogP) is 2.96. The SMILES string of the molecule is C[C@H](O)Cc1cccc(N2CC[C@@H](Cc3ccccc3N3CCN(C)CC3)C2=O)c1. The van der Waals surface area contributed by atoms with Gasteiger partial charge in [-0.2, -0.15) is 0 Å². The number of nitrogens with zero attached hydrogens (tertiary/aromatic N) is 3. The fourth-order valence-corrected chi connectivity index (χ4v) is 4.68. The normalized spacial score (nSPS) is 21.3. The van der Waals surface area contributed by atoms with Crippen LogP contribution in [0.5, 0.6) is 0 Å². The van der Waals surface area contributed by atoms with Gasteiger partial charge in [0.05, 0.1) is 6.10 Å². The number of para-hydroxylation sites is 1. The second-order valence-electron chi connectivity index (χ2n) is 8.82. The molecular formula is C25H33N3O2. The molecule has 2 aliphatic heterocycles. The molecule has 2 atom stereocenters. The van der Waals surface area contributed by atoms with Crippen molar-refractivity contribution < 1.29 is 9.90 Å². The second-order valence-corrected chi connectivity index (χ2v) is 8.82. The average Bonchev–Trinajstić information content (AvgIpc) is 3.09. The summed E-state index contributed by atoms with van der Waals surface area (Å²) in [6.07, 6.45) is 1.91. The van der Waals surface area contributed by atoms with Crippen molar-refractivity contribution in [1.29, 1.82) is 0 Å². The predicted molar refractivity (Wildman–Crippen MR) is 122 cm³/mol. The van der Waals surface area contributed by atoms with Crippen molar-refractivity contribution >= 4 is 17.3 Å². The van der Waals surface area contributed by atoms with Crippen LogP contribution in [0, 0.1) is 5.92 Å². The van der Waals surface area contributed by atoms with Gasteiger partial charge in [0, 0.05) is 50.0 Å². The number of rotatable bonds is 6. The van der Waals surface area contributed by atoms with Gasteiger partial charge in [0.25, 0.3) is 0 Å². The molecule has 0 unspecified atom stereocenters. The van der Waals surface area contributed by atoms with Gasteiger partial charge in [-0.1, -0.05) is 30.3 Å². The van der Waals surface area contributed by atoms with Gasteiger partial charge in [0.2, 0.25) is 5.91 Å². The van der Waals surface area contributed by atoms with E-state index in [0.717, 1.165) is 56.8 Å². The third kappa shape index (κ3) is 4.68. The molecule has 0 aromatic heterocycles. The number of amides is 1. The molecule has 5 nitrogen and oxygen atoms in total. The van der Waals surface area contributed by atoms with Crippen LogP contribution in [0.15, 0.2) is 48.5 Å². The highest BCUT2D eigenvalue weighted by Gasteiger charge is 2.33. The molecule has 2 aliphatic rings. The number of benzene rings is 2. The molecule has 30 heavy (non-hydrogen) atoms. The molecule has 2 aromatic rings. The fourth-order valence-electron chi connectivity index (χ4n) is 4.68. The maximum Gasteiger partial charge on any atom is 0.230 e. The van der Waals surface area contributed by atoms with Crippen LogP contribution < -0.4 is 9.80 Å². The zero-order chi connectivity index (χ0) is 21.1. The summed E-state index contributed by atoms with van der Waals surface area (Å²) in [5, 5.41) is 9.68. The van der Waals surface area contributed by atoms with Crippen molar-refractivity contribution in [1.82, 2.24) is 4.90 Å². The van der Waals surface area contributed by atoms with Crippen LogP contribution >= 0.6 is 0 Å². The molecule has 0 saturated carbocycles. The quantitative estimate of drug-likeness (QED) is 0.800. The molecule has 0 bridgehead atoms. The topological polar surface area (TPSA) is 47.0 Å². The van der Waals surface area contributed by atoms with E-state index in [1.165, 1.54) is 11.3 Å². The van der Waals surface area contributed by atoms with Gasteiger partial charge in [-0.3, -0.25) is 4.79 Å². The Bertz CT molecular complexity index is 874. The summed E-state index contributed by atoms with van der Waals surface area (Å²) in [6.45, 7) is 6.78. The lowest BCUT2D eigenvalue weighted by molar-refractivity contribution is -0.120. The minimum atomic E-state index is -0.381. The third-order valence-corrected chi connectivity index (χ3v) is 6.37. The van der Waals surface area contributed by atoms with Crippen molar-refractivity contribution in [3.63, 3.8) is 0 Å². The smallest absolute Gasteiger partial charge is 0.230 e. The average molecular weight is 408 g/mol. The summed E-state index contributed by atoms with van der Waals surface area (Å²) < 4.78 is 0. The first-order chi connectivity index (χ1) is 14.5. The molecule has 0 spiro atoms. The zero-order valence-electron chi connectivity index (χ0n) is 18.1. The lowest BCUT2D eigenvalue weighted by Crippen LogP contribution is -2.44. The highest BCUT2D eigenvalue weighted by molar-refractivity contribution is 5.97. The van der Waals surface area contributed by atoms with E-state index >= 15 is 0 Å². The van der Waals surface area contributed by atoms with Gasteiger partial charge in [-0.25, -0.2) is 0 Å². The summed E-state index contributed by atoms with van der Waals surface area (Å²) >= 11 is 0. The van der Waals surface area contributed by atoms with Gasteiger partial charge >= 0.3 is 0 Å². The first kappa shape index (κ1) is 20.9. The third-order valence-electron chi connectivity index (χ3n) is 6.37. The van der Waals surface area contributed by atoms with Gasteiger partial charge in [-0.15, -0.1) is 0 Å². The molecule has 2 fully saturated rings. The van der Waals surface area contributed by atoms with Crippen molar-refractivity contribution in [2.75, 3.05) is 49.6 Å². The Hall–Kier alpha value is -2.37. The molecule has 2 aromatic carbocycles. The summed E-state index contributed by atoms with van der Waals surface area (Å²) in [5.74, 6) is 0.247. The van der Waals surface area contributed by atoms with Gasteiger partial charge in [-0.05, 0) is 62.6 Å². The first-order valence-corrected chi connectivity index (χ1v) is 11.1. The van der Waals surface area contributed by atoms with E-state index in [1.54, 1.807) is 6.92 Å². The Morgan fingerprint density at radius 1 is 1.03 bits per heavy atom. The minimum Gasteiger partial charge on any atom is -0.393 e. The molecule has 2 heterocycles.